The number of nitrogens with one attached hydrogen (secondary N) is 1. The quantitative estimate of drug-likeness (QED) is 0.915. The zero-order valence-electron chi connectivity index (χ0n) is 14.0. The van der Waals surface area contributed by atoms with Gasteiger partial charge in [-0.2, -0.15) is 0 Å². The average Bonchev–Trinajstić information content (AvgIpc) is 2.67. The number of pyridine rings is 1. The molecule has 0 spiro atoms. The van der Waals surface area contributed by atoms with Crippen molar-refractivity contribution in [3.63, 3.8) is 0 Å². The number of likely N-dealkylation sites (tertiary alicyclic amines) is 1. The molecule has 2 aromatic heterocycles. The van der Waals surface area contributed by atoms with Gasteiger partial charge in [0.15, 0.2) is 0 Å². The molecule has 126 valence electrons. The highest BCUT2D eigenvalue weighted by molar-refractivity contribution is 5.92. The van der Waals surface area contributed by atoms with Crippen LogP contribution in [0.1, 0.15) is 48.8 Å². The van der Waals surface area contributed by atoms with Crippen molar-refractivity contribution in [2.24, 2.45) is 0 Å². The second kappa shape index (κ2) is 7.86. The zero-order chi connectivity index (χ0) is 16.8. The fourth-order valence-corrected chi connectivity index (χ4v) is 3.07. The van der Waals surface area contributed by atoms with Crippen LogP contribution in [0, 0.1) is 0 Å². The van der Waals surface area contributed by atoms with Gasteiger partial charge >= 0.3 is 0 Å². The molecule has 3 heterocycles. The average molecular weight is 325 g/mol. The summed E-state index contributed by atoms with van der Waals surface area (Å²) in [6, 6.07) is 7.76. The minimum Gasteiger partial charge on any atom is -0.349 e. The van der Waals surface area contributed by atoms with Crippen molar-refractivity contribution in [2.75, 3.05) is 11.9 Å². The summed E-state index contributed by atoms with van der Waals surface area (Å²) in [7, 11) is 0. The van der Waals surface area contributed by atoms with Crippen LogP contribution in [-0.4, -0.2) is 38.3 Å². The maximum atomic E-state index is 12.8. The van der Waals surface area contributed by atoms with Crippen LogP contribution in [0.15, 0.2) is 36.7 Å². The van der Waals surface area contributed by atoms with Crippen molar-refractivity contribution in [1.82, 2.24) is 19.9 Å². The van der Waals surface area contributed by atoms with E-state index in [0.29, 0.717) is 24.2 Å². The van der Waals surface area contributed by atoms with Crippen LogP contribution in [0.3, 0.4) is 0 Å². The molecule has 1 saturated heterocycles. The van der Waals surface area contributed by atoms with Gasteiger partial charge in [-0.3, -0.25) is 9.78 Å². The van der Waals surface area contributed by atoms with E-state index in [9.17, 15) is 4.79 Å². The Bertz CT molecular complexity index is 676. The molecule has 0 saturated carbocycles. The first-order chi connectivity index (χ1) is 11.8. The fourth-order valence-electron chi connectivity index (χ4n) is 3.07. The number of rotatable bonds is 5. The van der Waals surface area contributed by atoms with Crippen LogP contribution in [0.4, 0.5) is 5.95 Å². The molecule has 1 aliphatic rings. The van der Waals surface area contributed by atoms with Crippen molar-refractivity contribution in [1.29, 1.82) is 0 Å². The molecule has 6 nitrogen and oxygen atoms in total. The minimum absolute atomic E-state index is 0.00448. The van der Waals surface area contributed by atoms with Gasteiger partial charge in [0, 0.05) is 25.0 Å². The first-order valence-electron chi connectivity index (χ1n) is 8.55. The molecule has 2 aromatic rings. The lowest BCUT2D eigenvalue weighted by molar-refractivity contribution is 0.0602. The standard InChI is InChI=1S/C18H23N5O/c1-2-15-8-4-6-12-23(15)17(24)16-9-11-20-18(22-16)21-13-14-7-3-5-10-19-14/h3,5,7,9-11,15H,2,4,6,8,12-13H2,1H3,(H,20,21,22). The number of amides is 1. The Hall–Kier alpha value is -2.50. The summed E-state index contributed by atoms with van der Waals surface area (Å²) >= 11 is 0. The first-order valence-corrected chi connectivity index (χ1v) is 8.55. The van der Waals surface area contributed by atoms with Gasteiger partial charge in [-0.15, -0.1) is 0 Å². The lowest BCUT2D eigenvalue weighted by Crippen LogP contribution is -2.43. The summed E-state index contributed by atoms with van der Waals surface area (Å²) < 4.78 is 0. The molecule has 1 aliphatic heterocycles. The van der Waals surface area contributed by atoms with Crippen LogP contribution in [-0.2, 0) is 6.54 Å². The Balaban J connectivity index is 1.69. The van der Waals surface area contributed by atoms with Crippen LogP contribution in [0.5, 0.6) is 0 Å². The van der Waals surface area contributed by atoms with Crippen LogP contribution >= 0.6 is 0 Å². The lowest BCUT2D eigenvalue weighted by Gasteiger charge is -2.35. The van der Waals surface area contributed by atoms with Crippen LogP contribution in [0.25, 0.3) is 0 Å². The Morgan fingerprint density at radius 3 is 2.96 bits per heavy atom. The summed E-state index contributed by atoms with van der Waals surface area (Å²) in [5.74, 6) is 0.460. The highest BCUT2D eigenvalue weighted by Gasteiger charge is 2.27. The van der Waals surface area contributed by atoms with Gasteiger partial charge in [0.2, 0.25) is 5.95 Å². The number of aromatic nitrogens is 3. The van der Waals surface area contributed by atoms with Gasteiger partial charge < -0.3 is 10.2 Å². The van der Waals surface area contributed by atoms with Crippen LogP contribution in [0.2, 0.25) is 0 Å². The Kier molecular flexibility index (Phi) is 5.36. The molecular formula is C18H23N5O. The number of hydrogen-bond donors (Lipinski definition) is 1. The number of carbonyl (C=O) groups is 1. The van der Waals surface area contributed by atoms with Gasteiger partial charge in [-0.25, -0.2) is 9.97 Å². The minimum atomic E-state index is 0.00448. The third-order valence-electron chi connectivity index (χ3n) is 4.39. The molecule has 24 heavy (non-hydrogen) atoms. The van der Waals surface area contributed by atoms with E-state index < -0.39 is 0 Å². The Morgan fingerprint density at radius 2 is 2.17 bits per heavy atom. The van der Waals surface area contributed by atoms with E-state index in [4.69, 9.17) is 0 Å². The molecule has 0 aromatic carbocycles. The number of hydrogen-bond acceptors (Lipinski definition) is 5. The SMILES string of the molecule is CCC1CCCCN1C(=O)c1ccnc(NCc2ccccn2)n1. The fraction of sp³-hybridized carbons (Fsp3) is 0.444. The smallest absolute Gasteiger partial charge is 0.272 e. The topological polar surface area (TPSA) is 71.0 Å². The number of carbonyl (C=O) groups excluding carboxylic acids is 1. The van der Waals surface area contributed by atoms with E-state index in [0.717, 1.165) is 31.5 Å². The molecule has 1 unspecified atom stereocenters. The van der Waals surface area contributed by atoms with E-state index in [2.05, 4.69) is 27.2 Å². The molecule has 0 radical (unpaired) electrons. The van der Waals surface area contributed by atoms with E-state index in [1.54, 1.807) is 18.5 Å². The third kappa shape index (κ3) is 3.88. The number of nitrogens with zero attached hydrogens (tertiary/aromatic N) is 4. The van der Waals surface area contributed by atoms with Crippen LogP contribution < -0.4 is 5.32 Å². The van der Waals surface area contributed by atoms with Crippen molar-refractivity contribution in [3.8, 4) is 0 Å². The Labute approximate surface area is 142 Å². The van der Waals surface area contributed by atoms with E-state index in [1.165, 1.54) is 6.42 Å². The van der Waals surface area contributed by atoms with E-state index in [1.807, 2.05) is 23.1 Å². The summed E-state index contributed by atoms with van der Waals surface area (Å²) in [5.41, 5.74) is 1.36. The highest BCUT2D eigenvalue weighted by Crippen LogP contribution is 2.21. The zero-order valence-corrected chi connectivity index (χ0v) is 14.0. The van der Waals surface area contributed by atoms with Gasteiger partial charge in [0.1, 0.15) is 5.69 Å². The summed E-state index contributed by atoms with van der Waals surface area (Å²) in [5, 5.41) is 3.13. The van der Waals surface area contributed by atoms with Gasteiger partial charge in [0.25, 0.3) is 5.91 Å². The van der Waals surface area contributed by atoms with Gasteiger partial charge in [0.05, 0.1) is 12.2 Å². The van der Waals surface area contributed by atoms with Crippen molar-refractivity contribution < 1.29 is 4.79 Å². The third-order valence-corrected chi connectivity index (χ3v) is 4.39. The molecule has 1 amide bonds. The lowest BCUT2D eigenvalue weighted by atomic mass is 9.99. The second-order valence-corrected chi connectivity index (χ2v) is 6.00. The molecule has 0 aliphatic carbocycles. The molecule has 1 atom stereocenters. The summed E-state index contributed by atoms with van der Waals surface area (Å²) in [6.07, 6.45) is 7.71. The van der Waals surface area contributed by atoms with E-state index >= 15 is 0 Å². The molecule has 0 bridgehead atoms. The second-order valence-electron chi connectivity index (χ2n) is 6.00. The first kappa shape index (κ1) is 16.4. The highest BCUT2D eigenvalue weighted by atomic mass is 16.2. The number of piperidine rings is 1. The molecule has 1 fully saturated rings. The summed E-state index contributed by atoms with van der Waals surface area (Å²) in [6.45, 7) is 3.48. The van der Waals surface area contributed by atoms with Crippen molar-refractivity contribution in [3.05, 3.63) is 48.0 Å². The normalized spacial score (nSPS) is 17.5. The van der Waals surface area contributed by atoms with Gasteiger partial charge in [-0.1, -0.05) is 13.0 Å². The largest absolute Gasteiger partial charge is 0.349 e. The predicted molar refractivity (Wildman–Crippen MR) is 92.6 cm³/mol. The maximum absolute atomic E-state index is 12.8. The molecule has 3 rings (SSSR count). The molecule has 6 heteroatoms. The number of anilines is 1. The van der Waals surface area contributed by atoms with Crippen molar-refractivity contribution >= 4 is 11.9 Å². The monoisotopic (exact) mass is 325 g/mol. The summed E-state index contributed by atoms with van der Waals surface area (Å²) in [4.78, 5) is 27.6. The molecular weight excluding hydrogens is 302 g/mol. The van der Waals surface area contributed by atoms with Crippen molar-refractivity contribution in [2.45, 2.75) is 45.2 Å². The molecule has 1 N–H and O–H groups in total. The predicted octanol–water partition coefficient (Wildman–Crippen LogP) is 2.89. The van der Waals surface area contributed by atoms with E-state index in [-0.39, 0.29) is 5.91 Å². The Morgan fingerprint density at radius 1 is 1.25 bits per heavy atom. The van der Waals surface area contributed by atoms with Gasteiger partial charge in [-0.05, 0) is 43.9 Å². The maximum Gasteiger partial charge on any atom is 0.272 e.